The third kappa shape index (κ3) is 35.4. The van der Waals surface area contributed by atoms with Gasteiger partial charge in [-0.1, -0.05) is 173 Å². The number of phosphoric acid groups is 3. The van der Waals surface area contributed by atoms with E-state index in [4.69, 9.17) is 18.5 Å². The molecule has 8 unspecified atom stereocenters. The molecule has 1 saturated carbocycles. The number of carbonyl (C=O) groups is 2. The molecule has 0 saturated heterocycles. The Morgan fingerprint density at radius 1 is 0.464 bits per heavy atom. The molecule has 0 amide bonds. The standard InChI is InChI=1S/C47H89O19P3/c1-3-5-7-9-11-13-15-17-19-20-22-24-26-28-30-32-34-36-41(49)63-39(37-61-40(48)35-33-31-29-27-25-23-21-18-16-14-12-10-8-6-4-2)38-62-69(59,60)66-45-42(50)43(51)46(64-67(53,54)55)47(44(45)52)65-68(56,57)58/h12,14,18,21,39,42-47,50-52H,3-11,13,15-17,19-20,22-38H2,1-2H3,(H,59,60)(H2,53,54,55)(H2,56,57,58). The van der Waals surface area contributed by atoms with Crippen LogP contribution in [0.25, 0.3) is 0 Å². The van der Waals surface area contributed by atoms with Crippen molar-refractivity contribution in [3.8, 4) is 0 Å². The number of unbranched alkanes of at least 4 members (excludes halogenated alkanes) is 24. The maximum Gasteiger partial charge on any atom is 0.472 e. The zero-order chi connectivity index (χ0) is 51.4. The van der Waals surface area contributed by atoms with Gasteiger partial charge in [0.2, 0.25) is 0 Å². The fraction of sp³-hybridized carbons (Fsp3) is 0.872. The van der Waals surface area contributed by atoms with Crippen LogP contribution in [0.5, 0.6) is 0 Å². The van der Waals surface area contributed by atoms with E-state index in [1.54, 1.807) is 0 Å². The molecule has 22 heteroatoms. The summed E-state index contributed by atoms with van der Waals surface area (Å²) in [6.45, 7) is 2.94. The fourth-order valence-electron chi connectivity index (χ4n) is 7.91. The maximum absolute atomic E-state index is 13.1. The molecule has 1 fully saturated rings. The highest BCUT2D eigenvalue weighted by Crippen LogP contribution is 2.51. The van der Waals surface area contributed by atoms with Crippen LogP contribution >= 0.6 is 23.5 Å². The SMILES string of the molecule is CCCCCC=CCC=CCCCCCCCC(=O)OCC(COP(=O)(O)OC1C(O)C(O)C(OP(=O)(O)O)C(OP(=O)(O)O)C1O)OC(=O)CCCCCCCCCCCCCCCCCCC. The Bertz CT molecular complexity index is 1540. The van der Waals surface area contributed by atoms with Crippen molar-refractivity contribution in [1.29, 1.82) is 0 Å². The third-order valence-corrected chi connectivity index (χ3v) is 13.8. The monoisotopic (exact) mass is 1050 g/mol. The molecule has 0 aliphatic heterocycles. The zero-order valence-corrected chi connectivity index (χ0v) is 44.1. The predicted octanol–water partition coefficient (Wildman–Crippen LogP) is 9.85. The van der Waals surface area contributed by atoms with Crippen LogP contribution < -0.4 is 0 Å². The van der Waals surface area contributed by atoms with Crippen LogP contribution in [0.2, 0.25) is 0 Å². The van der Waals surface area contributed by atoms with Gasteiger partial charge in [0.25, 0.3) is 0 Å². The number of carbonyl (C=O) groups excluding carboxylic acids is 2. The highest BCUT2D eigenvalue weighted by molar-refractivity contribution is 7.47. The maximum atomic E-state index is 13.1. The van der Waals surface area contributed by atoms with E-state index < -0.39 is 91.3 Å². The summed E-state index contributed by atoms with van der Waals surface area (Å²) < 4.78 is 65.6. The number of phosphoric ester groups is 3. The minimum Gasteiger partial charge on any atom is -0.462 e. The quantitative estimate of drug-likeness (QED) is 0.0122. The number of ether oxygens (including phenoxy) is 2. The van der Waals surface area contributed by atoms with E-state index in [9.17, 15) is 63.1 Å². The molecule has 1 aliphatic carbocycles. The Morgan fingerprint density at radius 3 is 1.30 bits per heavy atom. The van der Waals surface area contributed by atoms with E-state index in [0.717, 1.165) is 70.6 Å². The molecule has 0 aromatic rings. The van der Waals surface area contributed by atoms with Gasteiger partial charge in [-0.25, -0.2) is 13.7 Å². The van der Waals surface area contributed by atoms with Crippen molar-refractivity contribution in [3.05, 3.63) is 24.3 Å². The van der Waals surface area contributed by atoms with Crippen molar-refractivity contribution in [3.63, 3.8) is 0 Å². The first-order valence-corrected chi connectivity index (χ1v) is 30.2. The van der Waals surface area contributed by atoms with Gasteiger partial charge in [-0.05, 0) is 44.9 Å². The lowest BCUT2D eigenvalue weighted by atomic mass is 9.85. The van der Waals surface area contributed by atoms with Crippen LogP contribution in [0.15, 0.2) is 24.3 Å². The van der Waals surface area contributed by atoms with Crippen LogP contribution in [0.1, 0.15) is 206 Å². The highest BCUT2D eigenvalue weighted by Gasteiger charge is 2.56. The second-order valence-electron chi connectivity index (χ2n) is 18.1. The first kappa shape index (κ1) is 65.6. The molecule has 69 heavy (non-hydrogen) atoms. The summed E-state index contributed by atoms with van der Waals surface area (Å²) in [7, 11) is -16.6. The number of hydrogen-bond donors (Lipinski definition) is 8. The molecule has 0 bridgehead atoms. The minimum absolute atomic E-state index is 0.000540. The van der Waals surface area contributed by atoms with Gasteiger partial charge in [0, 0.05) is 12.8 Å². The van der Waals surface area contributed by atoms with Crippen molar-refractivity contribution in [2.45, 2.75) is 249 Å². The molecule has 1 rings (SSSR count). The van der Waals surface area contributed by atoms with E-state index in [1.165, 1.54) is 96.3 Å². The van der Waals surface area contributed by atoms with E-state index in [2.05, 4.69) is 47.2 Å². The molecule has 0 aromatic heterocycles. The Kier molecular flexibility index (Phi) is 37.2. The molecule has 0 heterocycles. The summed E-state index contributed by atoms with van der Waals surface area (Å²) in [5.41, 5.74) is 0. The Hall–Kier alpha value is -1.37. The second kappa shape index (κ2) is 39.1. The molecule has 406 valence electrons. The number of allylic oxidation sites excluding steroid dienone is 4. The average Bonchev–Trinajstić information content (AvgIpc) is 3.28. The summed E-state index contributed by atoms with van der Waals surface area (Å²) in [6, 6.07) is 0. The van der Waals surface area contributed by atoms with Crippen molar-refractivity contribution in [1.82, 2.24) is 0 Å². The largest absolute Gasteiger partial charge is 0.472 e. The van der Waals surface area contributed by atoms with Gasteiger partial charge in [0.1, 0.15) is 43.2 Å². The topological polar surface area (TPSA) is 303 Å². The Labute approximate surface area is 411 Å². The molecule has 0 spiro atoms. The summed E-state index contributed by atoms with van der Waals surface area (Å²) in [4.78, 5) is 73.3. The normalized spacial score (nSPS) is 21.5. The summed E-state index contributed by atoms with van der Waals surface area (Å²) in [5, 5.41) is 31.9. The zero-order valence-electron chi connectivity index (χ0n) is 41.4. The molecule has 0 radical (unpaired) electrons. The molecule has 8 atom stereocenters. The number of hydrogen-bond acceptors (Lipinski definition) is 14. The van der Waals surface area contributed by atoms with Crippen LogP contribution in [-0.4, -0.2) is 108 Å². The molecular weight excluding hydrogens is 961 g/mol. The van der Waals surface area contributed by atoms with Crippen molar-refractivity contribution in [2.24, 2.45) is 0 Å². The number of aliphatic hydroxyl groups excluding tert-OH is 3. The molecule has 8 N–H and O–H groups in total. The minimum atomic E-state index is -5.60. The highest BCUT2D eigenvalue weighted by atomic mass is 31.2. The van der Waals surface area contributed by atoms with Crippen molar-refractivity contribution >= 4 is 35.4 Å². The Balaban J connectivity index is 2.69. The third-order valence-electron chi connectivity index (χ3n) is 11.8. The van der Waals surface area contributed by atoms with E-state index >= 15 is 0 Å². The molecular formula is C47H89O19P3. The van der Waals surface area contributed by atoms with Gasteiger partial charge < -0.3 is 49.3 Å². The van der Waals surface area contributed by atoms with Crippen LogP contribution in [-0.2, 0) is 50.9 Å². The molecule has 1 aliphatic rings. The van der Waals surface area contributed by atoms with E-state index in [0.29, 0.717) is 12.8 Å². The average molecular weight is 1050 g/mol. The van der Waals surface area contributed by atoms with E-state index in [1.807, 2.05) is 0 Å². The predicted molar refractivity (Wildman–Crippen MR) is 261 cm³/mol. The summed E-state index contributed by atoms with van der Waals surface area (Å²) >= 11 is 0. The van der Waals surface area contributed by atoms with Crippen molar-refractivity contribution < 1.29 is 90.6 Å². The van der Waals surface area contributed by atoms with Gasteiger partial charge in [0.05, 0.1) is 6.61 Å². The van der Waals surface area contributed by atoms with Crippen LogP contribution in [0, 0.1) is 0 Å². The Morgan fingerprint density at radius 2 is 0.841 bits per heavy atom. The van der Waals surface area contributed by atoms with Gasteiger partial charge in [-0.2, -0.15) is 0 Å². The van der Waals surface area contributed by atoms with Gasteiger partial charge in [-0.3, -0.25) is 27.7 Å². The lowest BCUT2D eigenvalue weighted by molar-refractivity contribution is -0.213. The van der Waals surface area contributed by atoms with Gasteiger partial charge in [-0.15, -0.1) is 0 Å². The number of rotatable bonds is 44. The van der Waals surface area contributed by atoms with E-state index in [-0.39, 0.29) is 12.8 Å². The van der Waals surface area contributed by atoms with Gasteiger partial charge >= 0.3 is 35.4 Å². The van der Waals surface area contributed by atoms with Crippen molar-refractivity contribution in [2.75, 3.05) is 13.2 Å². The fourth-order valence-corrected chi connectivity index (χ4v) is 10.0. The summed E-state index contributed by atoms with van der Waals surface area (Å²) in [6.07, 6.45) is 23.2. The lowest BCUT2D eigenvalue weighted by Crippen LogP contribution is -2.65. The summed E-state index contributed by atoms with van der Waals surface area (Å²) in [5.74, 6) is -1.30. The second-order valence-corrected chi connectivity index (χ2v) is 21.9. The molecule has 19 nitrogen and oxygen atoms in total. The van der Waals surface area contributed by atoms with Gasteiger partial charge in [0.15, 0.2) is 6.10 Å². The first-order valence-electron chi connectivity index (χ1n) is 25.6. The molecule has 0 aromatic carbocycles. The lowest BCUT2D eigenvalue weighted by Gasteiger charge is -2.44. The van der Waals surface area contributed by atoms with Crippen LogP contribution in [0.3, 0.4) is 0 Å². The number of esters is 2. The first-order chi connectivity index (χ1) is 32.8. The smallest absolute Gasteiger partial charge is 0.462 e. The van der Waals surface area contributed by atoms with Crippen LogP contribution in [0.4, 0.5) is 0 Å². The number of aliphatic hydroxyl groups is 3.